The number of hydrazine groups is 1. The summed E-state index contributed by atoms with van der Waals surface area (Å²) in [6.45, 7) is 12.0. The average Bonchev–Trinajstić information content (AvgIpc) is 2.42. The summed E-state index contributed by atoms with van der Waals surface area (Å²) >= 11 is 0. The van der Waals surface area contributed by atoms with E-state index in [4.69, 9.17) is 11.6 Å². The summed E-state index contributed by atoms with van der Waals surface area (Å²) in [5.41, 5.74) is 10.5. The molecule has 0 aromatic heterocycles. The third-order valence-electron chi connectivity index (χ3n) is 2.18. The molecule has 0 radical (unpaired) electrons. The molecular formula is C14H35N3. The zero-order valence-corrected chi connectivity index (χ0v) is 12.9. The largest absolute Gasteiger partial charge is 0.401 e. The molecule has 0 aromatic carbocycles. The predicted molar refractivity (Wildman–Crippen MR) is 80.3 cm³/mol. The van der Waals surface area contributed by atoms with Crippen molar-refractivity contribution >= 4 is 0 Å². The van der Waals surface area contributed by atoms with Gasteiger partial charge in [-0.05, 0) is 25.7 Å². The van der Waals surface area contributed by atoms with Gasteiger partial charge in [-0.25, -0.2) is 0 Å². The first-order valence-electron chi connectivity index (χ1n) is 7.28. The van der Waals surface area contributed by atoms with Crippen LogP contribution in [0.5, 0.6) is 0 Å². The first kappa shape index (κ1) is 21.6. The Bertz CT molecular complexity index is 154. The Morgan fingerprint density at radius 1 is 0.765 bits per heavy atom. The topological polar surface area (TPSA) is 64.1 Å². The van der Waals surface area contributed by atoms with Crippen molar-refractivity contribution in [2.45, 2.75) is 80.1 Å². The van der Waals surface area contributed by atoms with Crippen molar-refractivity contribution in [3.8, 4) is 0 Å². The molecule has 0 aliphatic heterocycles. The van der Waals surface area contributed by atoms with Gasteiger partial charge in [0.05, 0.1) is 0 Å². The fourth-order valence-electron chi connectivity index (χ4n) is 1.45. The normalized spacial score (nSPS) is 18.8. The van der Waals surface area contributed by atoms with E-state index in [2.05, 4.69) is 5.43 Å². The zero-order valence-electron chi connectivity index (χ0n) is 12.9. The predicted octanol–water partition coefficient (Wildman–Crippen LogP) is 4.05. The minimum absolute atomic E-state index is 0.951. The maximum Gasteiger partial charge on any atom is 0.0446 e. The van der Waals surface area contributed by atoms with E-state index in [0.29, 0.717) is 0 Å². The van der Waals surface area contributed by atoms with Crippen molar-refractivity contribution in [2.24, 2.45) is 11.6 Å². The molecule has 0 bridgehead atoms. The first-order valence-corrected chi connectivity index (χ1v) is 7.28. The van der Waals surface area contributed by atoms with Gasteiger partial charge in [-0.2, -0.15) is 0 Å². The van der Waals surface area contributed by atoms with E-state index in [1.54, 1.807) is 0 Å². The van der Waals surface area contributed by atoms with Crippen LogP contribution in [0.15, 0.2) is 11.4 Å². The summed E-state index contributed by atoms with van der Waals surface area (Å²) in [6, 6.07) is 0. The summed E-state index contributed by atoms with van der Waals surface area (Å²) < 4.78 is 0. The van der Waals surface area contributed by atoms with E-state index in [1.807, 2.05) is 41.5 Å². The summed E-state index contributed by atoms with van der Waals surface area (Å²) in [4.78, 5) is 0. The minimum Gasteiger partial charge on any atom is -0.401 e. The van der Waals surface area contributed by atoms with Crippen molar-refractivity contribution < 1.29 is 0 Å². The van der Waals surface area contributed by atoms with Crippen LogP contribution >= 0.6 is 0 Å². The lowest BCUT2D eigenvalue weighted by molar-refractivity contribution is 0.585. The number of nitrogens with one attached hydrogen (secondary N) is 1. The lowest BCUT2D eigenvalue weighted by Crippen LogP contribution is -2.25. The molecule has 1 aliphatic carbocycles. The zero-order chi connectivity index (χ0) is 14.1. The molecule has 1 rings (SSSR count). The van der Waals surface area contributed by atoms with Gasteiger partial charge in [0.25, 0.3) is 0 Å². The Morgan fingerprint density at radius 3 is 1.59 bits per heavy atom. The summed E-state index contributed by atoms with van der Waals surface area (Å²) in [5, 5.41) is 0. The lowest BCUT2D eigenvalue weighted by Gasteiger charge is -2.14. The SMILES string of the molecule is CC.CC.CC.NN/C1=C(\N)CCCCCC1. The number of allylic oxidation sites excluding steroid dienone is 2. The third-order valence-corrected chi connectivity index (χ3v) is 2.18. The van der Waals surface area contributed by atoms with Crippen LogP contribution in [0.3, 0.4) is 0 Å². The van der Waals surface area contributed by atoms with E-state index in [0.717, 1.165) is 24.2 Å². The monoisotopic (exact) mass is 245 g/mol. The fraction of sp³-hybridized carbons (Fsp3) is 0.857. The van der Waals surface area contributed by atoms with Crippen LogP contribution in [0.25, 0.3) is 0 Å². The second-order valence-electron chi connectivity index (χ2n) is 3.06. The second-order valence-corrected chi connectivity index (χ2v) is 3.06. The van der Waals surface area contributed by atoms with Crippen LogP contribution in [0.4, 0.5) is 0 Å². The van der Waals surface area contributed by atoms with Gasteiger partial charge in [0.15, 0.2) is 0 Å². The maximum absolute atomic E-state index is 5.80. The van der Waals surface area contributed by atoms with Crippen molar-refractivity contribution in [2.75, 3.05) is 0 Å². The van der Waals surface area contributed by atoms with Crippen LogP contribution in [-0.4, -0.2) is 0 Å². The summed E-state index contributed by atoms with van der Waals surface area (Å²) in [5.74, 6) is 5.33. The van der Waals surface area contributed by atoms with Gasteiger partial charge in [-0.3, -0.25) is 5.84 Å². The third kappa shape index (κ3) is 13.2. The Labute approximate surface area is 109 Å². The molecule has 106 valence electrons. The minimum atomic E-state index is 0.951. The molecule has 0 amide bonds. The van der Waals surface area contributed by atoms with E-state index in [1.165, 1.54) is 25.7 Å². The van der Waals surface area contributed by atoms with E-state index in [9.17, 15) is 0 Å². The molecule has 17 heavy (non-hydrogen) atoms. The van der Waals surface area contributed by atoms with Gasteiger partial charge in [-0.15, -0.1) is 0 Å². The molecule has 0 spiro atoms. The van der Waals surface area contributed by atoms with Gasteiger partial charge >= 0.3 is 0 Å². The van der Waals surface area contributed by atoms with Gasteiger partial charge < -0.3 is 11.2 Å². The Kier molecular flexibility index (Phi) is 26.2. The summed E-state index contributed by atoms with van der Waals surface area (Å²) in [6.07, 6.45) is 7.04. The quantitative estimate of drug-likeness (QED) is 0.482. The Morgan fingerprint density at radius 2 is 1.18 bits per heavy atom. The van der Waals surface area contributed by atoms with Crippen molar-refractivity contribution in [3.63, 3.8) is 0 Å². The van der Waals surface area contributed by atoms with E-state index < -0.39 is 0 Å². The van der Waals surface area contributed by atoms with Gasteiger partial charge in [0, 0.05) is 11.4 Å². The number of hydrogen-bond donors (Lipinski definition) is 3. The average molecular weight is 245 g/mol. The van der Waals surface area contributed by atoms with Crippen LogP contribution in [-0.2, 0) is 0 Å². The lowest BCUT2D eigenvalue weighted by atomic mass is 10.0. The summed E-state index contributed by atoms with van der Waals surface area (Å²) in [7, 11) is 0. The molecule has 3 nitrogen and oxygen atoms in total. The van der Waals surface area contributed by atoms with Crippen molar-refractivity contribution in [1.29, 1.82) is 0 Å². The highest BCUT2D eigenvalue weighted by Crippen LogP contribution is 2.17. The Hall–Kier alpha value is -0.700. The molecule has 0 fully saturated rings. The number of hydrogen-bond acceptors (Lipinski definition) is 3. The smallest absolute Gasteiger partial charge is 0.0446 e. The molecule has 0 aromatic rings. The number of nitrogens with two attached hydrogens (primary N) is 2. The molecule has 5 N–H and O–H groups in total. The fourth-order valence-corrected chi connectivity index (χ4v) is 1.45. The second kappa shape index (κ2) is 20.7. The molecule has 3 heteroatoms. The van der Waals surface area contributed by atoms with E-state index >= 15 is 0 Å². The maximum atomic E-state index is 5.80. The highest BCUT2D eigenvalue weighted by atomic mass is 15.2. The molecule has 0 heterocycles. The molecule has 1 aliphatic rings. The van der Waals surface area contributed by atoms with Gasteiger partial charge in [0.2, 0.25) is 0 Å². The molecular weight excluding hydrogens is 210 g/mol. The van der Waals surface area contributed by atoms with Crippen LogP contribution in [0.2, 0.25) is 0 Å². The van der Waals surface area contributed by atoms with Crippen LogP contribution < -0.4 is 17.0 Å². The van der Waals surface area contributed by atoms with Crippen molar-refractivity contribution in [1.82, 2.24) is 5.43 Å². The highest BCUT2D eigenvalue weighted by molar-refractivity contribution is 5.08. The molecule has 0 atom stereocenters. The molecule has 0 saturated heterocycles. The van der Waals surface area contributed by atoms with Gasteiger partial charge in [-0.1, -0.05) is 54.4 Å². The van der Waals surface area contributed by atoms with Crippen molar-refractivity contribution in [3.05, 3.63) is 11.4 Å². The highest BCUT2D eigenvalue weighted by Gasteiger charge is 2.05. The number of rotatable bonds is 1. The van der Waals surface area contributed by atoms with Gasteiger partial charge in [0.1, 0.15) is 0 Å². The van der Waals surface area contributed by atoms with E-state index in [-0.39, 0.29) is 0 Å². The Balaban J connectivity index is -0.000000285. The first-order chi connectivity index (χ1) is 8.34. The van der Waals surface area contributed by atoms with Crippen LogP contribution in [0, 0.1) is 0 Å². The molecule has 0 saturated carbocycles. The standard InChI is InChI=1S/C8H17N3.3C2H6/c9-7-5-3-1-2-4-6-8(7)11-10;3*1-2/h11H,1-6,9-10H2;3*1-2H3/b8-7-;;;. The molecule has 0 unspecified atom stereocenters. The van der Waals surface area contributed by atoms with Crippen LogP contribution in [0.1, 0.15) is 80.1 Å².